The number of benzene rings is 1. The molecule has 14 heavy (non-hydrogen) atoms. The third-order valence-corrected chi connectivity index (χ3v) is 3.17. The molecule has 1 aliphatic heterocycles. The second kappa shape index (κ2) is 3.55. The maximum atomic E-state index is 9.83. The first-order chi connectivity index (χ1) is 6.57. The first-order valence-corrected chi connectivity index (χ1v) is 5.59. The van der Waals surface area contributed by atoms with Crippen LogP contribution in [0.25, 0.3) is 0 Å². The Morgan fingerprint density at radius 1 is 1.36 bits per heavy atom. The highest BCUT2D eigenvalue weighted by atomic mass is 79.9. The Kier molecular flexibility index (Phi) is 2.54. The van der Waals surface area contributed by atoms with Crippen molar-refractivity contribution >= 4 is 21.6 Å². The van der Waals surface area contributed by atoms with Crippen molar-refractivity contribution in [1.82, 2.24) is 0 Å². The third-order valence-electron chi connectivity index (χ3n) is 2.64. The van der Waals surface area contributed by atoms with Gasteiger partial charge in [0.05, 0.1) is 5.60 Å². The molecule has 1 fully saturated rings. The lowest BCUT2D eigenvalue weighted by molar-refractivity contribution is 0.0839. The Morgan fingerprint density at radius 2 is 2.00 bits per heavy atom. The van der Waals surface area contributed by atoms with E-state index in [1.165, 1.54) is 5.69 Å². The van der Waals surface area contributed by atoms with Crippen molar-refractivity contribution in [3.8, 4) is 0 Å². The molecule has 3 heteroatoms. The molecular weight excluding hydrogens is 242 g/mol. The SMILES string of the molecule is CC1(O)CCN(c2ccc(Br)cc2)C1. The van der Waals surface area contributed by atoms with Gasteiger partial charge < -0.3 is 10.0 Å². The minimum atomic E-state index is -0.521. The van der Waals surface area contributed by atoms with Crippen LogP contribution in [0.5, 0.6) is 0 Å². The van der Waals surface area contributed by atoms with Gasteiger partial charge in [-0.15, -0.1) is 0 Å². The maximum Gasteiger partial charge on any atom is 0.0810 e. The van der Waals surface area contributed by atoms with Crippen LogP contribution in [0.15, 0.2) is 28.7 Å². The van der Waals surface area contributed by atoms with Gasteiger partial charge in [0.15, 0.2) is 0 Å². The summed E-state index contributed by atoms with van der Waals surface area (Å²) in [5.74, 6) is 0. The van der Waals surface area contributed by atoms with Crippen molar-refractivity contribution in [2.24, 2.45) is 0 Å². The summed E-state index contributed by atoms with van der Waals surface area (Å²) in [6.45, 7) is 3.56. The predicted octanol–water partition coefficient (Wildman–Crippen LogP) is 2.41. The highest BCUT2D eigenvalue weighted by molar-refractivity contribution is 9.10. The Bertz CT molecular complexity index is 321. The van der Waals surface area contributed by atoms with Gasteiger partial charge in [-0.3, -0.25) is 0 Å². The average molecular weight is 256 g/mol. The molecule has 1 aromatic carbocycles. The molecule has 1 aromatic rings. The van der Waals surface area contributed by atoms with Crippen LogP contribution in [0.4, 0.5) is 5.69 Å². The molecule has 0 amide bonds. The highest BCUT2D eigenvalue weighted by Crippen LogP contribution is 2.27. The van der Waals surface area contributed by atoms with E-state index in [4.69, 9.17) is 0 Å². The number of β-amino-alcohol motifs (C(OH)–C–C–N with tert-alkyl or cyclic N) is 1. The molecule has 1 saturated heterocycles. The molecule has 1 N–H and O–H groups in total. The molecule has 76 valence electrons. The lowest BCUT2D eigenvalue weighted by Gasteiger charge is -2.20. The molecule has 0 bridgehead atoms. The fourth-order valence-electron chi connectivity index (χ4n) is 1.82. The molecular formula is C11H14BrNO. The molecule has 0 radical (unpaired) electrons. The summed E-state index contributed by atoms with van der Waals surface area (Å²) < 4.78 is 1.09. The van der Waals surface area contributed by atoms with E-state index < -0.39 is 5.60 Å². The van der Waals surface area contributed by atoms with E-state index in [2.05, 4.69) is 33.0 Å². The van der Waals surface area contributed by atoms with E-state index in [9.17, 15) is 5.11 Å². The summed E-state index contributed by atoms with van der Waals surface area (Å²) >= 11 is 3.41. The highest BCUT2D eigenvalue weighted by Gasteiger charge is 2.31. The summed E-state index contributed by atoms with van der Waals surface area (Å²) in [7, 11) is 0. The van der Waals surface area contributed by atoms with Gasteiger partial charge in [-0.25, -0.2) is 0 Å². The van der Waals surface area contributed by atoms with Gasteiger partial charge in [0, 0.05) is 23.2 Å². The molecule has 1 aliphatic rings. The quantitative estimate of drug-likeness (QED) is 0.834. The van der Waals surface area contributed by atoms with E-state index in [0.29, 0.717) is 0 Å². The number of anilines is 1. The number of hydrogen-bond acceptors (Lipinski definition) is 2. The number of rotatable bonds is 1. The number of aliphatic hydroxyl groups is 1. The third kappa shape index (κ3) is 2.10. The van der Waals surface area contributed by atoms with Crippen molar-refractivity contribution in [3.63, 3.8) is 0 Å². The average Bonchev–Trinajstić information content (AvgIpc) is 2.47. The summed E-state index contributed by atoms with van der Waals surface area (Å²) in [6, 6.07) is 8.21. The van der Waals surface area contributed by atoms with Crippen LogP contribution in [0.1, 0.15) is 13.3 Å². The monoisotopic (exact) mass is 255 g/mol. The molecule has 2 rings (SSSR count). The van der Waals surface area contributed by atoms with E-state index in [0.717, 1.165) is 24.0 Å². The minimum absolute atomic E-state index is 0.521. The summed E-state index contributed by atoms with van der Waals surface area (Å²) in [5, 5.41) is 9.83. The van der Waals surface area contributed by atoms with Gasteiger partial charge in [-0.2, -0.15) is 0 Å². The van der Waals surface area contributed by atoms with Gasteiger partial charge in [0.25, 0.3) is 0 Å². The van der Waals surface area contributed by atoms with E-state index in [1.54, 1.807) is 0 Å². The summed E-state index contributed by atoms with van der Waals surface area (Å²) in [6.07, 6.45) is 0.850. The molecule has 0 saturated carbocycles. The topological polar surface area (TPSA) is 23.5 Å². The van der Waals surface area contributed by atoms with Gasteiger partial charge in [-0.1, -0.05) is 15.9 Å². The van der Waals surface area contributed by atoms with Crippen LogP contribution in [-0.2, 0) is 0 Å². The summed E-state index contributed by atoms with van der Waals surface area (Å²) in [5.41, 5.74) is 0.665. The predicted molar refractivity (Wildman–Crippen MR) is 61.6 cm³/mol. The van der Waals surface area contributed by atoms with Crippen molar-refractivity contribution in [2.75, 3.05) is 18.0 Å². The van der Waals surface area contributed by atoms with E-state index in [-0.39, 0.29) is 0 Å². The Balaban J connectivity index is 2.14. The molecule has 1 heterocycles. The summed E-state index contributed by atoms with van der Waals surface area (Å²) in [4.78, 5) is 2.21. The Hall–Kier alpha value is -0.540. The van der Waals surface area contributed by atoms with Crippen molar-refractivity contribution < 1.29 is 5.11 Å². The van der Waals surface area contributed by atoms with Gasteiger partial charge in [0.1, 0.15) is 0 Å². The zero-order chi connectivity index (χ0) is 10.2. The van der Waals surface area contributed by atoms with Crippen molar-refractivity contribution in [3.05, 3.63) is 28.7 Å². The zero-order valence-corrected chi connectivity index (χ0v) is 9.79. The van der Waals surface area contributed by atoms with E-state index in [1.807, 2.05) is 19.1 Å². The zero-order valence-electron chi connectivity index (χ0n) is 8.20. The molecule has 1 atom stereocenters. The number of hydrogen-bond donors (Lipinski definition) is 1. The largest absolute Gasteiger partial charge is 0.388 e. The first kappa shape index (κ1) is 9.99. The fraction of sp³-hybridized carbons (Fsp3) is 0.455. The van der Waals surface area contributed by atoms with Crippen LogP contribution >= 0.6 is 15.9 Å². The molecule has 0 aliphatic carbocycles. The standard InChI is InChI=1S/C11H14BrNO/c1-11(14)6-7-13(8-11)10-4-2-9(12)3-5-10/h2-5,14H,6-8H2,1H3. The number of nitrogens with zero attached hydrogens (tertiary/aromatic N) is 1. The van der Waals surface area contributed by atoms with Crippen LogP contribution in [0, 0.1) is 0 Å². The van der Waals surface area contributed by atoms with Gasteiger partial charge >= 0.3 is 0 Å². The lowest BCUT2D eigenvalue weighted by Crippen LogP contribution is -2.29. The van der Waals surface area contributed by atoms with Crippen molar-refractivity contribution in [1.29, 1.82) is 0 Å². The minimum Gasteiger partial charge on any atom is -0.388 e. The fourth-order valence-corrected chi connectivity index (χ4v) is 2.08. The Labute approximate surface area is 92.7 Å². The normalized spacial score (nSPS) is 26.9. The van der Waals surface area contributed by atoms with Gasteiger partial charge in [0.2, 0.25) is 0 Å². The number of halogens is 1. The smallest absolute Gasteiger partial charge is 0.0810 e. The second-order valence-electron chi connectivity index (χ2n) is 4.14. The van der Waals surface area contributed by atoms with Crippen LogP contribution < -0.4 is 4.90 Å². The maximum absolute atomic E-state index is 9.83. The van der Waals surface area contributed by atoms with Crippen LogP contribution in [-0.4, -0.2) is 23.8 Å². The van der Waals surface area contributed by atoms with E-state index >= 15 is 0 Å². The van der Waals surface area contributed by atoms with Crippen molar-refractivity contribution in [2.45, 2.75) is 18.9 Å². The van der Waals surface area contributed by atoms with Crippen LogP contribution in [0.2, 0.25) is 0 Å². The molecule has 1 unspecified atom stereocenters. The molecule has 0 aromatic heterocycles. The molecule has 2 nitrogen and oxygen atoms in total. The van der Waals surface area contributed by atoms with Gasteiger partial charge in [-0.05, 0) is 37.6 Å². The first-order valence-electron chi connectivity index (χ1n) is 4.80. The molecule has 0 spiro atoms. The second-order valence-corrected chi connectivity index (χ2v) is 5.06. The lowest BCUT2D eigenvalue weighted by atomic mass is 10.1. The Morgan fingerprint density at radius 3 is 2.50 bits per heavy atom. The van der Waals surface area contributed by atoms with Crippen LogP contribution in [0.3, 0.4) is 0 Å².